The number of terminal acetylenes is 1. The average Bonchev–Trinajstić information content (AvgIpc) is 2.96. The van der Waals surface area contributed by atoms with Crippen molar-refractivity contribution in [1.29, 1.82) is 0 Å². The fourth-order valence-corrected chi connectivity index (χ4v) is 3.65. The number of rotatable bonds is 7. The third kappa shape index (κ3) is 5.14. The predicted octanol–water partition coefficient (Wildman–Crippen LogP) is 4.99. The first-order chi connectivity index (χ1) is 14.0. The molecular weight excluding hydrogens is 410 g/mol. The Bertz CT molecular complexity index is 995. The molecule has 1 heterocycles. The highest BCUT2D eigenvalue weighted by Crippen LogP contribution is 2.35. The first-order valence-electron chi connectivity index (χ1n) is 8.84. The fraction of sp³-hybridized carbons (Fsp3) is 0.182. The van der Waals surface area contributed by atoms with E-state index in [-0.39, 0.29) is 24.3 Å². The summed E-state index contributed by atoms with van der Waals surface area (Å²) in [6.07, 6.45) is 6.90. The highest BCUT2D eigenvalue weighted by atomic mass is 35.5. The first kappa shape index (κ1) is 20.8. The number of thioether (sulfide) groups is 1. The van der Waals surface area contributed by atoms with Gasteiger partial charge in [0.05, 0.1) is 18.1 Å². The number of hydrogen-bond donors (Lipinski definition) is 0. The van der Waals surface area contributed by atoms with Crippen LogP contribution >= 0.6 is 23.4 Å². The summed E-state index contributed by atoms with van der Waals surface area (Å²) in [6, 6.07) is 12.3. The highest BCUT2D eigenvalue weighted by molar-refractivity contribution is 8.18. The Morgan fingerprint density at radius 1 is 1.14 bits per heavy atom. The third-order valence-electron chi connectivity index (χ3n) is 4.00. The zero-order chi connectivity index (χ0) is 20.8. The molecule has 5 nitrogen and oxygen atoms in total. The van der Waals surface area contributed by atoms with E-state index in [4.69, 9.17) is 27.5 Å². The number of imide groups is 1. The number of hydrogen-bond acceptors (Lipinski definition) is 5. The van der Waals surface area contributed by atoms with Gasteiger partial charge in [-0.05, 0) is 60.2 Å². The third-order valence-corrected chi connectivity index (χ3v) is 5.16. The number of amides is 2. The summed E-state index contributed by atoms with van der Waals surface area (Å²) in [5.41, 5.74) is 1.55. The van der Waals surface area contributed by atoms with Crippen LogP contribution in [0.2, 0.25) is 5.02 Å². The molecule has 1 saturated heterocycles. The highest BCUT2D eigenvalue weighted by Gasteiger charge is 2.35. The van der Waals surface area contributed by atoms with E-state index >= 15 is 0 Å². The molecule has 0 aliphatic carbocycles. The van der Waals surface area contributed by atoms with E-state index in [0.717, 1.165) is 22.9 Å². The molecule has 1 aliphatic rings. The summed E-state index contributed by atoms with van der Waals surface area (Å²) in [6.45, 7) is 2.64. The maximum Gasteiger partial charge on any atom is 0.293 e. The van der Waals surface area contributed by atoms with Gasteiger partial charge in [-0.1, -0.05) is 35.7 Å². The van der Waals surface area contributed by atoms with E-state index in [1.807, 2.05) is 6.92 Å². The summed E-state index contributed by atoms with van der Waals surface area (Å²) in [4.78, 5) is 26.6. The van der Waals surface area contributed by atoms with Gasteiger partial charge in [0.25, 0.3) is 11.1 Å². The molecule has 148 valence electrons. The number of carbonyl (C=O) groups is 2. The smallest absolute Gasteiger partial charge is 0.293 e. The van der Waals surface area contributed by atoms with Crippen LogP contribution < -0.4 is 9.47 Å². The van der Waals surface area contributed by atoms with E-state index < -0.39 is 0 Å². The minimum absolute atomic E-state index is 0.128. The van der Waals surface area contributed by atoms with Crippen molar-refractivity contribution in [3.05, 3.63) is 63.5 Å². The van der Waals surface area contributed by atoms with Crippen LogP contribution in [0.1, 0.15) is 18.1 Å². The van der Waals surface area contributed by atoms with Crippen molar-refractivity contribution in [2.75, 3.05) is 13.2 Å². The Balaban J connectivity index is 1.80. The molecule has 0 unspecified atom stereocenters. The van der Waals surface area contributed by atoms with Crippen molar-refractivity contribution in [1.82, 2.24) is 4.90 Å². The Kier molecular flexibility index (Phi) is 6.86. The van der Waals surface area contributed by atoms with Crippen molar-refractivity contribution in [2.24, 2.45) is 0 Å². The van der Waals surface area contributed by atoms with Gasteiger partial charge in [-0.2, -0.15) is 0 Å². The lowest BCUT2D eigenvalue weighted by Crippen LogP contribution is -2.27. The Morgan fingerprint density at radius 3 is 2.59 bits per heavy atom. The van der Waals surface area contributed by atoms with Gasteiger partial charge < -0.3 is 9.47 Å². The van der Waals surface area contributed by atoms with Crippen molar-refractivity contribution < 1.29 is 19.1 Å². The molecule has 2 aromatic rings. The molecule has 2 aromatic carbocycles. The summed E-state index contributed by atoms with van der Waals surface area (Å²) in [5.74, 6) is 3.13. The number of nitrogens with zero attached hydrogens (tertiary/aromatic N) is 1. The van der Waals surface area contributed by atoms with Crippen LogP contribution in [0.4, 0.5) is 4.79 Å². The largest absolute Gasteiger partial charge is 0.490 e. The van der Waals surface area contributed by atoms with Crippen LogP contribution in [0, 0.1) is 12.3 Å². The molecule has 3 rings (SSSR count). The summed E-state index contributed by atoms with van der Waals surface area (Å²) < 4.78 is 11.1. The number of benzene rings is 2. The van der Waals surface area contributed by atoms with Crippen molar-refractivity contribution >= 4 is 40.6 Å². The average molecular weight is 428 g/mol. The minimum atomic E-state index is -0.333. The van der Waals surface area contributed by atoms with Crippen LogP contribution in [0.5, 0.6) is 11.5 Å². The van der Waals surface area contributed by atoms with Gasteiger partial charge in [0, 0.05) is 5.02 Å². The first-order valence-corrected chi connectivity index (χ1v) is 10.0. The van der Waals surface area contributed by atoms with Gasteiger partial charge in [0.1, 0.15) is 6.61 Å². The maximum absolute atomic E-state index is 12.7. The second-order valence-electron chi connectivity index (χ2n) is 6.03. The van der Waals surface area contributed by atoms with Crippen LogP contribution in [0.15, 0.2) is 47.4 Å². The van der Waals surface area contributed by atoms with Crippen LogP contribution in [0.25, 0.3) is 6.08 Å². The lowest BCUT2D eigenvalue weighted by atomic mass is 10.1. The van der Waals surface area contributed by atoms with Gasteiger partial charge >= 0.3 is 0 Å². The molecule has 0 bridgehead atoms. The summed E-state index contributed by atoms with van der Waals surface area (Å²) in [5, 5.41) is 0.290. The lowest BCUT2D eigenvalue weighted by molar-refractivity contribution is -0.123. The molecule has 2 amide bonds. The fourth-order valence-electron chi connectivity index (χ4n) is 2.68. The molecule has 0 atom stereocenters. The zero-order valence-corrected chi connectivity index (χ0v) is 17.3. The molecule has 0 radical (unpaired) electrons. The molecule has 1 fully saturated rings. The summed E-state index contributed by atoms with van der Waals surface area (Å²) >= 11 is 6.79. The summed E-state index contributed by atoms with van der Waals surface area (Å²) in [7, 11) is 0. The molecule has 0 N–H and O–H groups in total. The Labute approximate surface area is 178 Å². The molecule has 0 aromatic heterocycles. The van der Waals surface area contributed by atoms with Gasteiger partial charge in [-0.3, -0.25) is 14.5 Å². The lowest BCUT2D eigenvalue weighted by Gasteiger charge is -2.12. The quantitative estimate of drug-likeness (QED) is 0.460. The van der Waals surface area contributed by atoms with Gasteiger partial charge in [-0.15, -0.1) is 6.42 Å². The Hall–Kier alpha value is -2.88. The van der Waals surface area contributed by atoms with Gasteiger partial charge in [-0.25, -0.2) is 0 Å². The van der Waals surface area contributed by atoms with Crippen molar-refractivity contribution in [2.45, 2.75) is 13.5 Å². The number of ether oxygens (including phenoxy) is 2. The van der Waals surface area contributed by atoms with E-state index in [2.05, 4.69) is 5.92 Å². The Morgan fingerprint density at radius 2 is 1.90 bits per heavy atom. The second-order valence-corrected chi connectivity index (χ2v) is 7.46. The molecule has 29 heavy (non-hydrogen) atoms. The maximum atomic E-state index is 12.7. The molecular formula is C22H18ClNO4S. The minimum Gasteiger partial charge on any atom is -0.490 e. The predicted molar refractivity (Wildman–Crippen MR) is 115 cm³/mol. The van der Waals surface area contributed by atoms with Crippen LogP contribution in [-0.2, 0) is 11.3 Å². The molecule has 0 spiro atoms. The van der Waals surface area contributed by atoms with Crippen molar-refractivity contribution in [3.8, 4) is 23.8 Å². The normalized spacial score (nSPS) is 14.9. The van der Waals surface area contributed by atoms with Crippen LogP contribution in [-0.4, -0.2) is 29.3 Å². The number of halogens is 1. The van der Waals surface area contributed by atoms with E-state index in [9.17, 15) is 9.59 Å². The second kappa shape index (κ2) is 9.55. The van der Waals surface area contributed by atoms with Crippen LogP contribution in [0.3, 0.4) is 0 Å². The topological polar surface area (TPSA) is 55.8 Å². The SMILES string of the molecule is C#CCOc1ccc(/C=C2\SC(=O)N(Cc3ccc(Cl)cc3)C2=O)cc1OCC. The molecule has 7 heteroatoms. The standard InChI is InChI=1S/C22H18ClNO4S/c1-3-11-28-18-10-7-16(12-19(18)27-4-2)13-20-21(25)24(22(26)29-20)14-15-5-8-17(23)9-6-15/h1,5-10,12-13H,4,11,14H2,2H3/b20-13-. The zero-order valence-electron chi connectivity index (χ0n) is 15.7. The molecule has 1 aliphatic heterocycles. The van der Waals surface area contributed by atoms with E-state index in [0.29, 0.717) is 28.0 Å². The van der Waals surface area contributed by atoms with Crippen molar-refractivity contribution in [3.63, 3.8) is 0 Å². The molecule has 0 saturated carbocycles. The van der Waals surface area contributed by atoms with Gasteiger partial charge in [0.15, 0.2) is 11.5 Å². The van der Waals surface area contributed by atoms with E-state index in [1.165, 1.54) is 4.90 Å². The number of carbonyl (C=O) groups excluding carboxylic acids is 2. The monoisotopic (exact) mass is 427 g/mol. The van der Waals surface area contributed by atoms with E-state index in [1.54, 1.807) is 48.5 Å². The van der Waals surface area contributed by atoms with Gasteiger partial charge in [0.2, 0.25) is 0 Å².